The lowest BCUT2D eigenvalue weighted by atomic mass is 10.2. The number of fused-ring (bicyclic) bond motifs is 1. The fraction of sp³-hybridized carbons (Fsp3) is 0.345. The van der Waals surface area contributed by atoms with Gasteiger partial charge in [-0.15, -0.1) is 0 Å². The monoisotopic (exact) mass is 533 g/mol. The van der Waals surface area contributed by atoms with Gasteiger partial charge in [-0.2, -0.15) is 9.61 Å². The molecule has 0 saturated heterocycles. The number of methoxy groups -OCH3 is 2. The number of hydrogen-bond acceptors (Lipinski definition) is 7. The van der Waals surface area contributed by atoms with Crippen molar-refractivity contribution < 1.29 is 23.4 Å². The number of benzene rings is 2. The normalized spacial score (nSPS) is 13.3. The maximum atomic E-state index is 14.3. The Bertz CT molecular complexity index is 1510. The minimum absolute atomic E-state index is 0.308. The smallest absolute Gasteiger partial charge is 0.420 e. The average Bonchev–Trinajstić information content (AvgIpc) is 3.65. The van der Waals surface area contributed by atoms with E-state index in [1.165, 1.54) is 17.0 Å². The van der Waals surface area contributed by atoms with Crippen LogP contribution in [0.4, 0.5) is 26.5 Å². The first-order chi connectivity index (χ1) is 18.7. The Morgan fingerprint density at radius 1 is 1.13 bits per heavy atom. The Morgan fingerprint density at radius 2 is 1.92 bits per heavy atom. The second-order valence-corrected chi connectivity index (χ2v) is 10.4. The molecule has 0 aliphatic heterocycles. The molecular weight excluding hydrogens is 501 g/mol. The van der Waals surface area contributed by atoms with Crippen LogP contribution in [0.25, 0.3) is 5.65 Å². The van der Waals surface area contributed by atoms with Crippen molar-refractivity contribution in [2.45, 2.75) is 51.7 Å². The van der Waals surface area contributed by atoms with Crippen LogP contribution >= 0.6 is 0 Å². The summed E-state index contributed by atoms with van der Waals surface area (Å²) in [6, 6.07) is 13.1. The highest BCUT2D eigenvalue weighted by Crippen LogP contribution is 2.43. The summed E-state index contributed by atoms with van der Waals surface area (Å²) in [4.78, 5) is 19.8. The van der Waals surface area contributed by atoms with E-state index in [0.717, 1.165) is 24.0 Å². The van der Waals surface area contributed by atoms with E-state index in [4.69, 9.17) is 19.2 Å². The van der Waals surface area contributed by atoms with Crippen LogP contribution in [0.15, 0.2) is 54.7 Å². The molecule has 0 spiro atoms. The molecule has 1 aliphatic rings. The molecule has 1 amide bonds. The van der Waals surface area contributed by atoms with Gasteiger partial charge >= 0.3 is 6.09 Å². The van der Waals surface area contributed by atoms with Crippen molar-refractivity contribution in [1.82, 2.24) is 14.6 Å². The maximum absolute atomic E-state index is 14.3. The van der Waals surface area contributed by atoms with Crippen molar-refractivity contribution >= 4 is 29.1 Å². The van der Waals surface area contributed by atoms with Gasteiger partial charge in [0.1, 0.15) is 34.6 Å². The zero-order chi connectivity index (χ0) is 27.7. The van der Waals surface area contributed by atoms with E-state index < -0.39 is 17.5 Å². The number of anilines is 3. The van der Waals surface area contributed by atoms with Crippen LogP contribution in [0, 0.1) is 5.82 Å². The van der Waals surface area contributed by atoms with Gasteiger partial charge in [-0.3, -0.25) is 0 Å². The lowest BCUT2D eigenvalue weighted by Gasteiger charge is -2.28. The zero-order valence-corrected chi connectivity index (χ0v) is 22.7. The second-order valence-electron chi connectivity index (χ2n) is 10.4. The molecular formula is C29H32FN5O4. The van der Waals surface area contributed by atoms with Gasteiger partial charge in [-0.25, -0.2) is 19.1 Å². The summed E-state index contributed by atoms with van der Waals surface area (Å²) >= 11 is 0. The summed E-state index contributed by atoms with van der Waals surface area (Å²) in [6.07, 6.45) is 3.24. The van der Waals surface area contributed by atoms with Crippen molar-refractivity contribution in [3.8, 4) is 11.5 Å². The topological polar surface area (TPSA) is 90.2 Å². The van der Waals surface area contributed by atoms with E-state index >= 15 is 0 Å². The maximum Gasteiger partial charge on any atom is 0.420 e. The van der Waals surface area contributed by atoms with E-state index in [1.54, 1.807) is 63.9 Å². The second kappa shape index (κ2) is 10.4. The molecule has 1 saturated carbocycles. The largest absolute Gasteiger partial charge is 0.497 e. The minimum atomic E-state index is -0.774. The van der Waals surface area contributed by atoms with Crippen LogP contribution < -0.4 is 19.7 Å². The Labute approximate surface area is 226 Å². The van der Waals surface area contributed by atoms with Gasteiger partial charge in [0.15, 0.2) is 5.65 Å². The van der Waals surface area contributed by atoms with Gasteiger partial charge in [0.25, 0.3) is 0 Å². The average molecular weight is 534 g/mol. The molecule has 0 atom stereocenters. The third-order valence-electron chi connectivity index (χ3n) is 6.32. The van der Waals surface area contributed by atoms with Crippen LogP contribution in [-0.4, -0.2) is 40.5 Å². The predicted molar refractivity (Wildman–Crippen MR) is 147 cm³/mol. The molecule has 5 rings (SSSR count). The highest BCUT2D eigenvalue weighted by molar-refractivity contribution is 5.96. The fourth-order valence-corrected chi connectivity index (χ4v) is 4.33. The highest BCUT2D eigenvalue weighted by Gasteiger charge is 2.32. The number of rotatable bonds is 8. The Morgan fingerprint density at radius 3 is 2.59 bits per heavy atom. The molecule has 1 aliphatic carbocycles. The molecule has 2 heterocycles. The number of ether oxygens (including phenoxy) is 3. The lowest BCUT2D eigenvalue weighted by Crippen LogP contribution is -2.35. The third kappa shape index (κ3) is 5.74. The Kier molecular flexibility index (Phi) is 7.03. The van der Waals surface area contributed by atoms with Gasteiger partial charge in [0.2, 0.25) is 0 Å². The van der Waals surface area contributed by atoms with E-state index in [1.807, 2.05) is 18.2 Å². The van der Waals surface area contributed by atoms with E-state index in [2.05, 4.69) is 10.4 Å². The number of halogens is 1. The number of aromatic nitrogens is 3. The summed E-state index contributed by atoms with van der Waals surface area (Å²) in [5, 5.41) is 7.94. The first-order valence-corrected chi connectivity index (χ1v) is 12.8. The summed E-state index contributed by atoms with van der Waals surface area (Å²) in [5.41, 5.74) is 2.06. The Hall–Kier alpha value is -4.34. The molecule has 204 valence electrons. The molecule has 2 aromatic heterocycles. The highest BCUT2D eigenvalue weighted by atomic mass is 19.1. The Balaban J connectivity index is 1.60. The molecule has 2 aromatic carbocycles. The summed E-state index contributed by atoms with van der Waals surface area (Å²) in [5.74, 6) is 2.13. The van der Waals surface area contributed by atoms with Crippen LogP contribution in [0.5, 0.6) is 11.5 Å². The molecule has 0 unspecified atom stereocenters. The fourth-order valence-electron chi connectivity index (χ4n) is 4.33. The van der Waals surface area contributed by atoms with Gasteiger partial charge in [0.05, 0.1) is 26.1 Å². The van der Waals surface area contributed by atoms with E-state index in [0.29, 0.717) is 46.9 Å². The van der Waals surface area contributed by atoms with Crippen molar-refractivity contribution in [3.63, 3.8) is 0 Å². The van der Waals surface area contributed by atoms with Crippen molar-refractivity contribution in [1.29, 1.82) is 0 Å². The van der Waals surface area contributed by atoms with Crippen molar-refractivity contribution in [3.05, 3.63) is 71.7 Å². The minimum Gasteiger partial charge on any atom is -0.497 e. The molecule has 39 heavy (non-hydrogen) atoms. The number of hydrogen-bond donors (Lipinski definition) is 1. The number of nitrogens with zero attached hydrogens (tertiary/aromatic N) is 4. The number of carbonyl (C=O) groups is 1. The van der Waals surface area contributed by atoms with Gasteiger partial charge in [0, 0.05) is 29.8 Å². The van der Waals surface area contributed by atoms with Gasteiger partial charge in [-0.05, 0) is 69.9 Å². The van der Waals surface area contributed by atoms with Crippen LogP contribution in [0.1, 0.15) is 50.7 Å². The molecule has 0 bridgehead atoms. The standard InChI is InChI=1S/C29H32FN5O4/c1-29(2,3)39-28(36)34(21-8-6-7-20(30)13-21)26-15-25(33-27-23(18-9-10-18)17-32-35(26)27)31-16-19-11-12-22(37-4)14-24(19)38-5/h6-8,11-15,17-18H,9-10,16H2,1-5H3,(H,31,33). The van der Waals surface area contributed by atoms with Gasteiger partial charge < -0.3 is 19.5 Å². The summed E-state index contributed by atoms with van der Waals surface area (Å²) in [6.45, 7) is 5.75. The SMILES string of the molecule is COc1ccc(CNc2cc(N(C(=O)OC(C)(C)C)c3cccc(F)c3)n3ncc(C4CC4)c3n2)c(OC)c1. The summed E-state index contributed by atoms with van der Waals surface area (Å²) in [7, 11) is 3.21. The number of carbonyl (C=O) groups excluding carboxylic acids is 1. The quantitative estimate of drug-likeness (QED) is 0.278. The molecule has 0 radical (unpaired) electrons. The van der Waals surface area contributed by atoms with E-state index in [9.17, 15) is 9.18 Å². The zero-order valence-electron chi connectivity index (χ0n) is 22.7. The van der Waals surface area contributed by atoms with Crippen molar-refractivity contribution in [2.75, 3.05) is 24.4 Å². The molecule has 4 aromatic rings. The van der Waals surface area contributed by atoms with E-state index in [-0.39, 0.29) is 0 Å². The third-order valence-corrected chi connectivity index (χ3v) is 6.32. The molecule has 9 nitrogen and oxygen atoms in total. The van der Waals surface area contributed by atoms with Crippen LogP contribution in [0.2, 0.25) is 0 Å². The van der Waals surface area contributed by atoms with Crippen LogP contribution in [-0.2, 0) is 11.3 Å². The first-order valence-electron chi connectivity index (χ1n) is 12.8. The number of amides is 1. The molecule has 10 heteroatoms. The lowest BCUT2D eigenvalue weighted by molar-refractivity contribution is 0.0597. The van der Waals surface area contributed by atoms with Crippen molar-refractivity contribution in [2.24, 2.45) is 0 Å². The predicted octanol–water partition coefficient (Wildman–Crippen LogP) is 6.45. The summed E-state index contributed by atoms with van der Waals surface area (Å²) < 4.78 is 32.5. The molecule has 1 fully saturated rings. The van der Waals surface area contributed by atoms with Crippen LogP contribution in [0.3, 0.4) is 0 Å². The first kappa shape index (κ1) is 26.3. The molecule has 1 N–H and O–H groups in total. The van der Waals surface area contributed by atoms with Gasteiger partial charge in [-0.1, -0.05) is 6.07 Å². The number of nitrogens with one attached hydrogen (secondary N) is 1.